The van der Waals surface area contributed by atoms with Crippen LogP contribution in [0.5, 0.6) is 0 Å². The van der Waals surface area contributed by atoms with Crippen molar-refractivity contribution in [3.63, 3.8) is 0 Å². The van der Waals surface area contributed by atoms with Gasteiger partial charge in [-0.2, -0.15) is 13.7 Å². The molecule has 0 radical (unpaired) electrons. The number of fused-ring (bicyclic) bond motifs is 15. The van der Waals surface area contributed by atoms with E-state index in [1.165, 1.54) is 72.7 Å². The molecule has 6 heterocycles. The molecular weight excluding hydrogens is 667 g/mol. The van der Waals surface area contributed by atoms with E-state index in [1.807, 2.05) is 12.2 Å². The number of pyridine rings is 3. The first-order chi connectivity index (χ1) is 27.2. The Morgan fingerprint density at radius 1 is 0.418 bits per heavy atom. The Balaban J connectivity index is 1.27. The van der Waals surface area contributed by atoms with E-state index >= 15 is 0 Å². The summed E-state index contributed by atoms with van der Waals surface area (Å²) < 4.78 is 7.70. The van der Waals surface area contributed by atoms with Gasteiger partial charge in [-0.3, -0.25) is 0 Å². The van der Waals surface area contributed by atoms with Crippen LogP contribution in [-0.2, 0) is 17.6 Å². The third-order valence-electron chi connectivity index (χ3n) is 12.4. The van der Waals surface area contributed by atoms with Crippen molar-refractivity contribution in [3.05, 3.63) is 223 Å². The quantitative estimate of drug-likeness (QED) is 0.162. The Morgan fingerprint density at radius 2 is 0.909 bits per heavy atom. The topological polar surface area (TPSA) is 11.6 Å². The SMILES string of the molecule is C=Cc1ccc(-c2ccc3c(c2)-c2cccc[n+]2CC32[n+]3ccccc3-c3ccccc3C23c2ccc(-c4ccc(C=C)cc4)cc2-c2cccc[n+]23)cc1. The lowest BCUT2D eigenvalue weighted by Crippen LogP contribution is -2.83. The number of nitrogens with zero attached hydrogens (tertiary/aromatic N) is 3. The average molecular weight is 705 g/mol. The molecule has 55 heavy (non-hydrogen) atoms. The van der Waals surface area contributed by atoms with Crippen molar-refractivity contribution in [1.29, 1.82) is 0 Å². The molecule has 2 atom stereocenters. The Hall–Kier alpha value is -6.97. The maximum Gasteiger partial charge on any atom is 0.325 e. The van der Waals surface area contributed by atoms with Gasteiger partial charge in [-0.05, 0) is 75.8 Å². The van der Waals surface area contributed by atoms with Gasteiger partial charge in [-0.25, -0.2) is 0 Å². The maximum atomic E-state index is 3.98. The van der Waals surface area contributed by atoms with E-state index in [4.69, 9.17) is 0 Å². The molecule has 0 saturated heterocycles. The predicted molar refractivity (Wildman–Crippen MR) is 221 cm³/mol. The zero-order valence-corrected chi connectivity index (χ0v) is 30.4. The molecule has 3 nitrogen and oxygen atoms in total. The fraction of sp³-hybridized carbons (Fsp3) is 0.0577. The molecule has 0 N–H and O–H groups in total. The molecule has 5 aromatic carbocycles. The smallest absolute Gasteiger partial charge is 0.190 e. The molecule has 0 fully saturated rings. The van der Waals surface area contributed by atoms with Crippen LogP contribution < -0.4 is 13.7 Å². The molecule has 2 spiro atoms. The van der Waals surface area contributed by atoms with Crippen LogP contribution in [0.15, 0.2) is 196 Å². The number of benzene rings is 5. The van der Waals surface area contributed by atoms with Gasteiger partial charge in [0.15, 0.2) is 18.6 Å². The molecule has 8 aromatic rings. The third kappa shape index (κ3) is 4.18. The Morgan fingerprint density at radius 3 is 1.56 bits per heavy atom. The van der Waals surface area contributed by atoms with Crippen molar-refractivity contribution in [2.45, 2.75) is 17.6 Å². The van der Waals surface area contributed by atoms with Gasteiger partial charge in [-0.15, -0.1) is 0 Å². The summed E-state index contributed by atoms with van der Waals surface area (Å²) in [6.45, 7) is 8.69. The molecule has 258 valence electrons. The molecule has 0 aliphatic carbocycles. The summed E-state index contributed by atoms with van der Waals surface area (Å²) in [5.41, 5.74) is 17.0. The molecule has 11 rings (SSSR count). The van der Waals surface area contributed by atoms with Crippen LogP contribution in [-0.4, -0.2) is 0 Å². The normalized spacial score (nSPS) is 18.0. The average Bonchev–Trinajstić information content (AvgIpc) is 3.56. The molecule has 3 aliphatic rings. The molecular formula is C52H38N3+3. The highest BCUT2D eigenvalue weighted by Crippen LogP contribution is 2.58. The van der Waals surface area contributed by atoms with Crippen molar-refractivity contribution in [3.8, 4) is 56.0 Å². The molecule has 2 unspecified atom stereocenters. The second-order valence-electron chi connectivity index (χ2n) is 14.9. The molecule has 3 heteroatoms. The lowest BCUT2D eigenvalue weighted by atomic mass is 9.59. The first kappa shape index (κ1) is 31.5. The lowest BCUT2D eigenvalue weighted by Gasteiger charge is -2.44. The van der Waals surface area contributed by atoms with Crippen molar-refractivity contribution in [1.82, 2.24) is 0 Å². The highest BCUT2D eigenvalue weighted by Gasteiger charge is 2.79. The van der Waals surface area contributed by atoms with E-state index in [0.717, 1.165) is 17.7 Å². The van der Waals surface area contributed by atoms with Crippen LogP contribution in [0.25, 0.3) is 68.2 Å². The summed E-state index contributed by atoms with van der Waals surface area (Å²) in [4.78, 5) is 0. The zero-order chi connectivity index (χ0) is 36.7. The van der Waals surface area contributed by atoms with Gasteiger partial charge in [0, 0.05) is 47.5 Å². The number of hydrogen-bond donors (Lipinski definition) is 0. The second-order valence-corrected chi connectivity index (χ2v) is 14.9. The summed E-state index contributed by atoms with van der Waals surface area (Å²) in [5.74, 6) is 0. The Labute approximate surface area is 321 Å². The van der Waals surface area contributed by atoms with E-state index < -0.39 is 11.1 Å². The highest BCUT2D eigenvalue weighted by molar-refractivity contribution is 5.82. The number of hydrogen-bond acceptors (Lipinski definition) is 0. The van der Waals surface area contributed by atoms with Crippen molar-refractivity contribution in [2.75, 3.05) is 0 Å². The molecule has 3 aliphatic heterocycles. The van der Waals surface area contributed by atoms with Gasteiger partial charge in [-0.1, -0.05) is 110 Å². The van der Waals surface area contributed by atoms with Gasteiger partial charge in [0.1, 0.15) is 0 Å². The third-order valence-corrected chi connectivity index (χ3v) is 12.4. The molecule has 0 bridgehead atoms. The minimum absolute atomic E-state index is 0.628. The van der Waals surface area contributed by atoms with E-state index in [1.54, 1.807) is 0 Å². The van der Waals surface area contributed by atoms with Crippen LogP contribution in [0.1, 0.15) is 27.8 Å². The maximum absolute atomic E-state index is 3.98. The zero-order valence-electron chi connectivity index (χ0n) is 30.4. The summed E-state index contributed by atoms with van der Waals surface area (Å²) in [6, 6.07) is 60.9. The van der Waals surface area contributed by atoms with E-state index in [0.29, 0.717) is 0 Å². The first-order valence-electron chi connectivity index (χ1n) is 19.0. The summed E-state index contributed by atoms with van der Waals surface area (Å²) in [6.07, 6.45) is 10.7. The van der Waals surface area contributed by atoms with Gasteiger partial charge in [0.05, 0.1) is 22.3 Å². The van der Waals surface area contributed by atoms with Crippen molar-refractivity contribution >= 4 is 12.2 Å². The van der Waals surface area contributed by atoms with Crippen LogP contribution in [0.2, 0.25) is 0 Å². The molecule has 0 saturated carbocycles. The first-order valence-corrected chi connectivity index (χ1v) is 19.0. The van der Waals surface area contributed by atoms with E-state index in [9.17, 15) is 0 Å². The second kappa shape index (κ2) is 11.8. The molecule has 3 aromatic heterocycles. The van der Waals surface area contributed by atoms with Crippen LogP contribution in [0, 0.1) is 0 Å². The van der Waals surface area contributed by atoms with Crippen LogP contribution in [0.4, 0.5) is 0 Å². The summed E-state index contributed by atoms with van der Waals surface area (Å²) >= 11 is 0. The summed E-state index contributed by atoms with van der Waals surface area (Å²) in [5, 5.41) is 0. The Bertz CT molecular complexity index is 2890. The lowest BCUT2D eigenvalue weighted by molar-refractivity contribution is -0.885. The number of aromatic nitrogens is 3. The van der Waals surface area contributed by atoms with Gasteiger partial charge < -0.3 is 0 Å². The standard InChI is InChI=1S/C52H38N3/c1-3-36-18-22-38(23-19-36)40-26-28-45-43(33-40)48-15-7-10-30-53(48)35-51(45)52(46-14-6-5-13-42(46)49-16-8-11-31-54(49)51)47-29-27-41(39-24-20-37(4-2)21-25-39)34-44(47)50-17-9-12-32-55(50)52/h3-34H,1-2,35H2/q+3. The Kier molecular flexibility index (Phi) is 6.75. The van der Waals surface area contributed by atoms with E-state index in [2.05, 4.69) is 209 Å². The van der Waals surface area contributed by atoms with Crippen LogP contribution >= 0.6 is 0 Å². The van der Waals surface area contributed by atoms with E-state index in [-0.39, 0.29) is 0 Å². The predicted octanol–water partition coefficient (Wildman–Crippen LogP) is 10.0. The fourth-order valence-corrected chi connectivity index (χ4v) is 10.1. The molecule has 0 amide bonds. The van der Waals surface area contributed by atoms with Crippen molar-refractivity contribution < 1.29 is 13.7 Å². The summed E-state index contributed by atoms with van der Waals surface area (Å²) in [7, 11) is 0. The monoisotopic (exact) mass is 704 g/mol. The highest BCUT2D eigenvalue weighted by atomic mass is 15.3. The minimum Gasteiger partial charge on any atom is -0.190 e. The van der Waals surface area contributed by atoms with Crippen LogP contribution in [0.3, 0.4) is 0 Å². The van der Waals surface area contributed by atoms with Crippen molar-refractivity contribution in [2.24, 2.45) is 0 Å². The van der Waals surface area contributed by atoms with Gasteiger partial charge >= 0.3 is 5.54 Å². The van der Waals surface area contributed by atoms with Gasteiger partial charge in [0.2, 0.25) is 23.6 Å². The van der Waals surface area contributed by atoms with Gasteiger partial charge in [0.25, 0.3) is 5.54 Å². The largest absolute Gasteiger partial charge is 0.325 e. The fourth-order valence-electron chi connectivity index (χ4n) is 10.1. The number of rotatable bonds is 4. The minimum atomic E-state index is -0.665.